The van der Waals surface area contributed by atoms with Crippen LogP contribution in [0.15, 0.2) is 34.8 Å². The SMILES string of the molecule is NC(=S)c1cc2c(nc1Oc1cccc(Br)c1)CCCC2. The van der Waals surface area contributed by atoms with Crippen molar-refractivity contribution < 1.29 is 4.74 Å². The number of aryl methyl sites for hydroxylation is 2. The van der Waals surface area contributed by atoms with E-state index in [0.29, 0.717) is 22.2 Å². The molecule has 2 N–H and O–H groups in total. The molecule has 1 aliphatic carbocycles. The first-order chi connectivity index (χ1) is 10.1. The van der Waals surface area contributed by atoms with Crippen molar-refractivity contribution in [3.05, 3.63) is 51.6 Å². The molecule has 3 rings (SSSR count). The number of thiocarbonyl (C=S) groups is 1. The fraction of sp³-hybridized carbons (Fsp3) is 0.250. The molecule has 3 nitrogen and oxygen atoms in total. The quantitative estimate of drug-likeness (QED) is 0.833. The summed E-state index contributed by atoms with van der Waals surface area (Å²) in [5.41, 5.74) is 8.89. The standard InChI is InChI=1S/C16H15BrN2OS/c17-11-5-3-6-12(9-11)20-16-13(15(18)21)8-10-4-1-2-7-14(10)19-16/h3,5-6,8-9H,1-2,4,7H2,(H2,18,21). The summed E-state index contributed by atoms with van der Waals surface area (Å²) in [6.45, 7) is 0. The zero-order valence-electron chi connectivity index (χ0n) is 11.4. The van der Waals surface area contributed by atoms with E-state index >= 15 is 0 Å². The molecule has 0 saturated carbocycles. The van der Waals surface area contributed by atoms with Gasteiger partial charge in [0.2, 0.25) is 5.88 Å². The van der Waals surface area contributed by atoms with Gasteiger partial charge >= 0.3 is 0 Å². The zero-order valence-corrected chi connectivity index (χ0v) is 13.8. The van der Waals surface area contributed by atoms with Crippen LogP contribution in [0.25, 0.3) is 0 Å². The van der Waals surface area contributed by atoms with Gasteiger partial charge in [-0.2, -0.15) is 0 Å². The average Bonchev–Trinajstić information content (AvgIpc) is 2.46. The van der Waals surface area contributed by atoms with E-state index in [9.17, 15) is 0 Å². The highest BCUT2D eigenvalue weighted by atomic mass is 79.9. The van der Waals surface area contributed by atoms with Crippen LogP contribution in [-0.4, -0.2) is 9.97 Å². The van der Waals surface area contributed by atoms with Gasteiger partial charge in [0.15, 0.2) is 0 Å². The number of hydrogen-bond acceptors (Lipinski definition) is 3. The number of nitrogens with zero attached hydrogens (tertiary/aromatic N) is 1. The van der Waals surface area contributed by atoms with E-state index in [2.05, 4.69) is 20.9 Å². The number of fused-ring (bicyclic) bond motifs is 1. The smallest absolute Gasteiger partial charge is 0.229 e. The molecule has 0 aliphatic heterocycles. The number of pyridine rings is 1. The molecule has 0 amide bonds. The topological polar surface area (TPSA) is 48.1 Å². The molecule has 1 aliphatic rings. The van der Waals surface area contributed by atoms with Crippen molar-refractivity contribution in [1.29, 1.82) is 0 Å². The van der Waals surface area contributed by atoms with E-state index in [0.717, 1.165) is 23.0 Å². The van der Waals surface area contributed by atoms with Crippen molar-refractivity contribution >= 4 is 33.1 Å². The van der Waals surface area contributed by atoms with E-state index < -0.39 is 0 Å². The third kappa shape index (κ3) is 3.24. The van der Waals surface area contributed by atoms with E-state index in [1.165, 1.54) is 18.4 Å². The highest BCUT2D eigenvalue weighted by Crippen LogP contribution is 2.30. The van der Waals surface area contributed by atoms with Crippen molar-refractivity contribution in [3.63, 3.8) is 0 Å². The van der Waals surface area contributed by atoms with E-state index in [1.54, 1.807) is 0 Å². The minimum atomic E-state index is 0.320. The van der Waals surface area contributed by atoms with Gasteiger partial charge in [0.25, 0.3) is 0 Å². The number of hydrogen-bond donors (Lipinski definition) is 1. The summed E-state index contributed by atoms with van der Waals surface area (Å²) in [6.07, 6.45) is 4.39. The molecule has 0 unspecified atom stereocenters. The highest BCUT2D eigenvalue weighted by Gasteiger charge is 2.18. The Kier molecular flexibility index (Phi) is 4.22. The van der Waals surface area contributed by atoms with Crippen molar-refractivity contribution in [1.82, 2.24) is 4.98 Å². The van der Waals surface area contributed by atoms with Gasteiger partial charge < -0.3 is 10.5 Å². The Morgan fingerprint density at radius 1 is 1.24 bits per heavy atom. The molecule has 1 aromatic heterocycles. The fourth-order valence-electron chi connectivity index (χ4n) is 2.51. The van der Waals surface area contributed by atoms with Crippen LogP contribution in [0.3, 0.4) is 0 Å². The maximum atomic E-state index is 5.91. The molecule has 0 radical (unpaired) electrons. The summed E-state index contributed by atoms with van der Waals surface area (Å²) in [7, 11) is 0. The first kappa shape index (κ1) is 14.5. The van der Waals surface area contributed by atoms with Crippen molar-refractivity contribution in [2.24, 2.45) is 5.73 Å². The number of ether oxygens (including phenoxy) is 1. The predicted octanol–water partition coefficient (Wildman–Crippen LogP) is 4.15. The Bertz CT molecular complexity index is 703. The number of nitrogens with two attached hydrogens (primary N) is 1. The lowest BCUT2D eigenvalue weighted by atomic mass is 9.95. The molecular formula is C16H15BrN2OS. The van der Waals surface area contributed by atoms with Crippen LogP contribution >= 0.6 is 28.1 Å². The Balaban J connectivity index is 2.01. The fourth-order valence-corrected chi connectivity index (χ4v) is 3.04. The Labute approximate surface area is 137 Å². The molecule has 0 saturated heterocycles. The molecule has 1 aromatic carbocycles. The molecule has 0 spiro atoms. The first-order valence-corrected chi connectivity index (χ1v) is 8.09. The molecule has 1 heterocycles. The van der Waals surface area contributed by atoms with Crippen molar-refractivity contribution in [3.8, 4) is 11.6 Å². The lowest BCUT2D eigenvalue weighted by molar-refractivity contribution is 0.456. The second kappa shape index (κ2) is 6.12. The average molecular weight is 363 g/mol. The minimum absolute atomic E-state index is 0.320. The Morgan fingerprint density at radius 2 is 2.05 bits per heavy atom. The van der Waals surface area contributed by atoms with Gasteiger partial charge in [-0.05, 0) is 55.5 Å². The second-order valence-electron chi connectivity index (χ2n) is 5.08. The summed E-state index contributed by atoms with van der Waals surface area (Å²) >= 11 is 8.58. The Morgan fingerprint density at radius 3 is 2.81 bits per heavy atom. The first-order valence-electron chi connectivity index (χ1n) is 6.89. The molecule has 108 valence electrons. The third-order valence-electron chi connectivity index (χ3n) is 3.54. The molecule has 0 fully saturated rings. The number of halogens is 1. The minimum Gasteiger partial charge on any atom is -0.438 e. The number of benzene rings is 1. The summed E-state index contributed by atoms with van der Waals surface area (Å²) in [5, 5.41) is 0. The summed E-state index contributed by atoms with van der Waals surface area (Å²) in [6, 6.07) is 9.68. The predicted molar refractivity (Wildman–Crippen MR) is 91.0 cm³/mol. The maximum absolute atomic E-state index is 5.91. The molecule has 2 aromatic rings. The summed E-state index contributed by atoms with van der Waals surface area (Å²) in [5.74, 6) is 1.21. The van der Waals surface area contributed by atoms with Crippen LogP contribution in [0, 0.1) is 0 Å². The molecule has 5 heteroatoms. The zero-order chi connectivity index (χ0) is 14.8. The molecule has 0 bridgehead atoms. The third-order valence-corrected chi connectivity index (χ3v) is 4.26. The van der Waals surface area contributed by atoms with Crippen molar-refractivity contribution in [2.45, 2.75) is 25.7 Å². The second-order valence-corrected chi connectivity index (χ2v) is 6.43. The Hall–Kier alpha value is -1.46. The monoisotopic (exact) mass is 362 g/mol. The van der Waals surface area contributed by atoms with Gasteiger partial charge in [0.1, 0.15) is 10.7 Å². The lowest BCUT2D eigenvalue weighted by Crippen LogP contribution is -2.15. The summed E-state index contributed by atoms with van der Waals surface area (Å²) in [4.78, 5) is 4.97. The van der Waals surface area contributed by atoms with Crippen LogP contribution in [0.1, 0.15) is 29.7 Å². The van der Waals surface area contributed by atoms with E-state index in [-0.39, 0.29) is 0 Å². The van der Waals surface area contributed by atoms with Crippen LogP contribution in [-0.2, 0) is 12.8 Å². The van der Waals surface area contributed by atoms with Gasteiger partial charge in [-0.3, -0.25) is 0 Å². The van der Waals surface area contributed by atoms with Gasteiger partial charge in [-0.1, -0.05) is 34.2 Å². The van der Waals surface area contributed by atoms with Crippen LogP contribution in [0.5, 0.6) is 11.6 Å². The number of rotatable bonds is 3. The number of aromatic nitrogens is 1. The van der Waals surface area contributed by atoms with Crippen LogP contribution in [0.4, 0.5) is 0 Å². The maximum Gasteiger partial charge on any atom is 0.229 e. The van der Waals surface area contributed by atoms with E-state index in [4.69, 9.17) is 22.7 Å². The van der Waals surface area contributed by atoms with Crippen LogP contribution in [0.2, 0.25) is 0 Å². The van der Waals surface area contributed by atoms with Crippen LogP contribution < -0.4 is 10.5 Å². The molecular weight excluding hydrogens is 348 g/mol. The molecule has 21 heavy (non-hydrogen) atoms. The van der Waals surface area contributed by atoms with Gasteiger partial charge in [-0.15, -0.1) is 0 Å². The van der Waals surface area contributed by atoms with Gasteiger partial charge in [0.05, 0.1) is 5.56 Å². The normalized spacial score (nSPS) is 13.6. The van der Waals surface area contributed by atoms with Gasteiger partial charge in [0, 0.05) is 10.2 Å². The highest BCUT2D eigenvalue weighted by molar-refractivity contribution is 9.10. The van der Waals surface area contributed by atoms with Crippen molar-refractivity contribution in [2.75, 3.05) is 0 Å². The van der Waals surface area contributed by atoms with Gasteiger partial charge in [-0.25, -0.2) is 4.98 Å². The summed E-state index contributed by atoms with van der Waals surface area (Å²) < 4.78 is 6.86. The largest absolute Gasteiger partial charge is 0.438 e. The lowest BCUT2D eigenvalue weighted by Gasteiger charge is -2.18. The van der Waals surface area contributed by atoms with E-state index in [1.807, 2.05) is 30.3 Å². The molecule has 0 atom stereocenters.